The minimum Gasteiger partial charge on any atom is -0.369 e. The fourth-order valence-corrected chi connectivity index (χ4v) is 8.06. The maximum Gasteiger partial charge on any atom is 0.222 e. The van der Waals surface area contributed by atoms with Crippen LogP contribution in [-0.2, 0) is 4.79 Å². The molecular weight excluding hydrogens is 416 g/mol. The van der Waals surface area contributed by atoms with Gasteiger partial charge in [-0.1, -0.05) is 30.3 Å². The third-order valence-electron chi connectivity index (χ3n) is 7.81. The van der Waals surface area contributed by atoms with Crippen molar-refractivity contribution in [1.82, 2.24) is 15.3 Å². The fraction of sp³-hybridized carbons (Fsp3) is 0.500. The van der Waals surface area contributed by atoms with Crippen LogP contribution in [0.15, 0.2) is 36.7 Å². The number of amides is 1. The first kappa shape index (κ1) is 20.2. The summed E-state index contributed by atoms with van der Waals surface area (Å²) in [6.45, 7) is 2.71. The standard InChI is InChI=1S/C26H30N4OS/c1-16-22(20-5-3-2-4-6-20)23-24(28-15-29-25(23)32-16)27-8-7-21(31)30-26-12-17-9-18(13-26)11-19(10-17)14-26/h2-6,15,17-19H,7-14H2,1H3,(H,30,31)(H,27,28,29). The Hall–Kier alpha value is -2.47. The van der Waals surface area contributed by atoms with Crippen LogP contribution in [0.4, 0.5) is 5.82 Å². The van der Waals surface area contributed by atoms with Crippen molar-refractivity contribution in [2.75, 3.05) is 11.9 Å². The van der Waals surface area contributed by atoms with Gasteiger partial charge in [0.25, 0.3) is 0 Å². The lowest BCUT2D eigenvalue weighted by molar-refractivity contribution is -0.126. The van der Waals surface area contributed by atoms with Gasteiger partial charge < -0.3 is 10.6 Å². The van der Waals surface area contributed by atoms with Gasteiger partial charge in [-0.2, -0.15) is 0 Å². The molecule has 166 valence electrons. The van der Waals surface area contributed by atoms with E-state index in [-0.39, 0.29) is 11.4 Å². The van der Waals surface area contributed by atoms with E-state index in [1.807, 2.05) is 6.07 Å². The number of rotatable bonds is 6. The molecule has 4 saturated carbocycles. The molecule has 0 aliphatic heterocycles. The minimum absolute atomic E-state index is 0.0823. The number of nitrogens with zero attached hydrogens (tertiary/aromatic N) is 2. The third kappa shape index (κ3) is 3.58. The first-order valence-corrected chi connectivity index (χ1v) is 12.7. The summed E-state index contributed by atoms with van der Waals surface area (Å²) in [5.74, 6) is 3.52. The van der Waals surface area contributed by atoms with Gasteiger partial charge in [0.05, 0.1) is 5.39 Å². The van der Waals surface area contributed by atoms with E-state index in [0.717, 1.165) is 33.8 Å². The summed E-state index contributed by atoms with van der Waals surface area (Å²) in [5, 5.41) is 7.98. The zero-order chi connectivity index (χ0) is 21.7. The highest BCUT2D eigenvalue weighted by Gasteiger charge is 2.51. The van der Waals surface area contributed by atoms with E-state index in [1.165, 1.54) is 54.5 Å². The molecule has 1 aromatic carbocycles. The molecule has 7 rings (SSSR count). The topological polar surface area (TPSA) is 66.9 Å². The van der Waals surface area contributed by atoms with Crippen LogP contribution in [0.2, 0.25) is 0 Å². The molecule has 5 nitrogen and oxygen atoms in total. The number of carbonyl (C=O) groups excluding carboxylic acids is 1. The Balaban J connectivity index is 1.16. The van der Waals surface area contributed by atoms with Crippen molar-refractivity contribution in [3.8, 4) is 11.1 Å². The maximum atomic E-state index is 12.9. The average Bonchev–Trinajstić information content (AvgIpc) is 3.09. The normalized spacial score (nSPS) is 28.2. The molecule has 2 heterocycles. The van der Waals surface area contributed by atoms with Crippen molar-refractivity contribution in [3.05, 3.63) is 41.5 Å². The molecule has 4 aliphatic rings. The van der Waals surface area contributed by atoms with E-state index in [2.05, 4.69) is 51.8 Å². The van der Waals surface area contributed by atoms with Crippen molar-refractivity contribution in [1.29, 1.82) is 0 Å². The summed E-state index contributed by atoms with van der Waals surface area (Å²) in [5.41, 5.74) is 2.44. The number of fused-ring (bicyclic) bond motifs is 1. The number of hydrogen-bond acceptors (Lipinski definition) is 5. The second-order valence-electron chi connectivity index (χ2n) is 10.2. The number of aryl methyl sites for hydroxylation is 1. The van der Waals surface area contributed by atoms with E-state index < -0.39 is 0 Å². The van der Waals surface area contributed by atoms with E-state index in [0.29, 0.717) is 13.0 Å². The van der Waals surface area contributed by atoms with Gasteiger partial charge in [0.2, 0.25) is 5.91 Å². The van der Waals surface area contributed by atoms with Crippen molar-refractivity contribution in [3.63, 3.8) is 0 Å². The lowest BCUT2D eigenvalue weighted by atomic mass is 9.53. The predicted octanol–water partition coefficient (Wildman–Crippen LogP) is 5.55. The second kappa shape index (κ2) is 7.84. The highest BCUT2D eigenvalue weighted by Crippen LogP contribution is 2.55. The van der Waals surface area contributed by atoms with Crippen molar-refractivity contribution >= 4 is 33.3 Å². The van der Waals surface area contributed by atoms with E-state index in [1.54, 1.807) is 17.7 Å². The smallest absolute Gasteiger partial charge is 0.222 e. The Bertz CT molecular complexity index is 1120. The molecule has 3 aromatic rings. The van der Waals surface area contributed by atoms with Gasteiger partial charge in [0.1, 0.15) is 17.0 Å². The molecule has 2 aromatic heterocycles. The summed E-state index contributed by atoms with van der Waals surface area (Å²) in [6.07, 6.45) is 9.85. The van der Waals surface area contributed by atoms with E-state index in [4.69, 9.17) is 0 Å². The first-order chi connectivity index (χ1) is 15.6. The van der Waals surface area contributed by atoms with Gasteiger partial charge in [-0.3, -0.25) is 4.79 Å². The molecule has 0 unspecified atom stereocenters. The van der Waals surface area contributed by atoms with Crippen molar-refractivity contribution in [2.45, 2.75) is 57.4 Å². The zero-order valence-corrected chi connectivity index (χ0v) is 19.4. The Kier molecular flexibility index (Phi) is 4.94. The largest absolute Gasteiger partial charge is 0.369 e. The van der Waals surface area contributed by atoms with Crippen LogP contribution >= 0.6 is 11.3 Å². The van der Waals surface area contributed by atoms with Crippen LogP contribution in [-0.4, -0.2) is 28.0 Å². The quantitative estimate of drug-likeness (QED) is 0.521. The van der Waals surface area contributed by atoms with Gasteiger partial charge in [0.15, 0.2) is 0 Å². The summed E-state index contributed by atoms with van der Waals surface area (Å²) in [4.78, 5) is 24.1. The Labute approximate surface area is 193 Å². The number of carbonyl (C=O) groups is 1. The summed E-state index contributed by atoms with van der Waals surface area (Å²) < 4.78 is 0. The predicted molar refractivity (Wildman–Crippen MR) is 130 cm³/mol. The van der Waals surface area contributed by atoms with Crippen molar-refractivity contribution < 1.29 is 4.79 Å². The van der Waals surface area contributed by atoms with E-state index in [9.17, 15) is 4.79 Å². The molecule has 4 aliphatic carbocycles. The number of nitrogens with one attached hydrogen (secondary N) is 2. The number of hydrogen-bond donors (Lipinski definition) is 2. The molecule has 2 N–H and O–H groups in total. The van der Waals surface area contributed by atoms with Gasteiger partial charge in [-0.05, 0) is 68.8 Å². The Morgan fingerprint density at radius 2 is 1.75 bits per heavy atom. The van der Waals surface area contributed by atoms with Gasteiger partial charge in [0, 0.05) is 28.9 Å². The molecule has 0 radical (unpaired) electrons. The van der Waals surface area contributed by atoms with Crippen LogP contribution in [0.1, 0.15) is 49.8 Å². The highest BCUT2D eigenvalue weighted by molar-refractivity contribution is 7.19. The summed E-state index contributed by atoms with van der Waals surface area (Å²) in [7, 11) is 0. The Morgan fingerprint density at radius 1 is 1.06 bits per heavy atom. The molecule has 0 saturated heterocycles. The molecule has 1 amide bonds. The van der Waals surface area contributed by atoms with Crippen LogP contribution in [0.3, 0.4) is 0 Å². The molecule has 32 heavy (non-hydrogen) atoms. The lowest BCUT2D eigenvalue weighted by Gasteiger charge is -2.56. The van der Waals surface area contributed by atoms with Crippen LogP contribution in [0.25, 0.3) is 21.3 Å². The summed E-state index contributed by atoms with van der Waals surface area (Å²) in [6, 6.07) is 10.4. The lowest BCUT2D eigenvalue weighted by Crippen LogP contribution is -2.59. The number of thiophene rings is 1. The molecule has 4 fully saturated rings. The molecule has 6 heteroatoms. The molecule has 4 bridgehead atoms. The van der Waals surface area contributed by atoms with Gasteiger partial charge >= 0.3 is 0 Å². The Morgan fingerprint density at radius 3 is 2.44 bits per heavy atom. The highest BCUT2D eigenvalue weighted by atomic mass is 32.1. The maximum absolute atomic E-state index is 12.9. The van der Waals surface area contributed by atoms with Crippen molar-refractivity contribution in [2.24, 2.45) is 17.8 Å². The second-order valence-corrected chi connectivity index (χ2v) is 11.4. The van der Waals surface area contributed by atoms with Crippen LogP contribution in [0, 0.1) is 24.7 Å². The van der Waals surface area contributed by atoms with Crippen LogP contribution in [0.5, 0.6) is 0 Å². The SMILES string of the molecule is Cc1sc2ncnc(NCCC(=O)NC34CC5CC(CC(C5)C3)C4)c2c1-c1ccccc1. The molecule has 0 atom stereocenters. The first-order valence-electron chi connectivity index (χ1n) is 11.9. The molecular formula is C26H30N4OS. The monoisotopic (exact) mass is 446 g/mol. The van der Waals surface area contributed by atoms with E-state index >= 15 is 0 Å². The molecule has 0 spiro atoms. The van der Waals surface area contributed by atoms with Gasteiger partial charge in [-0.15, -0.1) is 11.3 Å². The number of anilines is 1. The third-order valence-corrected chi connectivity index (χ3v) is 8.83. The van der Waals surface area contributed by atoms with Gasteiger partial charge in [-0.25, -0.2) is 9.97 Å². The van der Waals surface area contributed by atoms with Crippen LogP contribution < -0.4 is 10.6 Å². The fourth-order valence-electron chi connectivity index (χ4n) is 7.05. The zero-order valence-electron chi connectivity index (χ0n) is 18.6. The number of aromatic nitrogens is 2. The average molecular weight is 447 g/mol. The minimum atomic E-state index is 0.0823. The number of benzene rings is 1. The summed E-state index contributed by atoms with van der Waals surface area (Å²) >= 11 is 1.69.